The van der Waals surface area contributed by atoms with Crippen LogP contribution in [0, 0.1) is 7.14 Å². The molecule has 164 valence electrons. The zero-order valence-corrected chi connectivity index (χ0v) is 22.1. The van der Waals surface area contributed by atoms with Gasteiger partial charge in [0.2, 0.25) is 5.82 Å². The molecule has 0 bridgehead atoms. The van der Waals surface area contributed by atoms with Gasteiger partial charge in [-0.05, 0) is 99.3 Å². The minimum absolute atomic E-state index is 0.289. The molecule has 5 rings (SSSR count). The number of nitrogens with zero attached hydrogens (tertiary/aromatic N) is 3. The lowest BCUT2D eigenvalue weighted by Gasteiger charge is -2.08. The first-order valence-corrected chi connectivity index (χ1v) is 12.3. The van der Waals surface area contributed by atoms with Crippen molar-refractivity contribution in [2.45, 2.75) is 0 Å². The highest BCUT2D eigenvalue weighted by molar-refractivity contribution is 14.1. The van der Waals surface area contributed by atoms with Gasteiger partial charge in [-0.2, -0.15) is 9.78 Å². The number of rotatable bonds is 4. The summed E-state index contributed by atoms with van der Waals surface area (Å²) in [4.78, 5) is 18.1. The Morgan fingerprint density at radius 1 is 1.09 bits per heavy atom. The zero-order valence-electron chi connectivity index (χ0n) is 17.1. The molecule has 2 aromatic heterocycles. The Hall–Kier alpha value is -2.44. The average Bonchev–Trinajstić information content (AvgIpc) is 3.21. The number of hydrogen-bond donors (Lipinski definition) is 0. The van der Waals surface area contributed by atoms with E-state index in [0.29, 0.717) is 33.1 Å². The van der Waals surface area contributed by atoms with Crippen molar-refractivity contribution in [3.05, 3.63) is 88.7 Å². The first kappa shape index (κ1) is 22.4. The Bertz CT molecular complexity index is 1600. The van der Waals surface area contributed by atoms with Crippen molar-refractivity contribution < 1.29 is 9.15 Å². The quantitative estimate of drug-likeness (QED) is 0.159. The fraction of sp³-hybridized carbons (Fsp3) is 0.0417. The van der Waals surface area contributed by atoms with E-state index in [1.165, 1.54) is 4.68 Å². The SMILES string of the molecule is COc1c(I)cc(C=Nn2c(-c3cc4cc(Cl)ccc4o3)nc3ccccc3c2=O)cc1I. The number of benzene rings is 3. The van der Waals surface area contributed by atoms with Crippen LogP contribution in [0.4, 0.5) is 0 Å². The molecule has 6 nitrogen and oxygen atoms in total. The predicted molar refractivity (Wildman–Crippen MR) is 148 cm³/mol. The number of ether oxygens (including phenoxy) is 1. The van der Waals surface area contributed by atoms with Crippen LogP contribution in [0.25, 0.3) is 33.5 Å². The predicted octanol–water partition coefficient (Wildman–Crippen LogP) is 6.56. The van der Waals surface area contributed by atoms with E-state index in [2.05, 4.69) is 50.3 Å². The molecule has 0 saturated carbocycles. The number of furan rings is 1. The first-order valence-electron chi connectivity index (χ1n) is 9.73. The largest absolute Gasteiger partial charge is 0.495 e. The lowest BCUT2D eigenvalue weighted by atomic mass is 10.2. The fourth-order valence-corrected chi connectivity index (χ4v) is 5.93. The van der Waals surface area contributed by atoms with Crippen molar-refractivity contribution >= 4 is 84.9 Å². The summed E-state index contributed by atoms with van der Waals surface area (Å²) in [5.74, 6) is 1.53. The molecule has 3 aromatic carbocycles. The molecule has 0 amide bonds. The van der Waals surface area contributed by atoms with Gasteiger partial charge in [0.1, 0.15) is 11.3 Å². The van der Waals surface area contributed by atoms with Crippen LogP contribution in [-0.2, 0) is 0 Å². The van der Waals surface area contributed by atoms with Gasteiger partial charge in [0, 0.05) is 10.4 Å². The smallest absolute Gasteiger partial charge is 0.282 e. The van der Waals surface area contributed by atoms with Crippen LogP contribution < -0.4 is 10.3 Å². The van der Waals surface area contributed by atoms with Crippen LogP contribution in [0.5, 0.6) is 5.75 Å². The van der Waals surface area contributed by atoms with Gasteiger partial charge in [-0.15, -0.1) is 0 Å². The van der Waals surface area contributed by atoms with Gasteiger partial charge < -0.3 is 9.15 Å². The van der Waals surface area contributed by atoms with Gasteiger partial charge in [-0.3, -0.25) is 4.79 Å². The summed E-state index contributed by atoms with van der Waals surface area (Å²) >= 11 is 10.6. The van der Waals surface area contributed by atoms with Crippen LogP contribution in [0.1, 0.15) is 5.56 Å². The second-order valence-electron chi connectivity index (χ2n) is 7.12. The van der Waals surface area contributed by atoms with Crippen molar-refractivity contribution in [2.24, 2.45) is 5.10 Å². The third-order valence-corrected chi connectivity index (χ3v) is 6.84. The third-order valence-electron chi connectivity index (χ3n) is 5.00. The standard InChI is InChI=1S/C24H14ClI2N3O3/c1-32-22-17(26)8-13(9-18(22)27)12-28-30-23(29-19-5-3-2-4-16(19)24(30)31)21-11-14-10-15(25)6-7-20(14)33-21/h2-12H,1H3. The van der Waals surface area contributed by atoms with Crippen molar-refractivity contribution in [1.29, 1.82) is 0 Å². The molecule has 33 heavy (non-hydrogen) atoms. The lowest BCUT2D eigenvalue weighted by Crippen LogP contribution is -2.20. The summed E-state index contributed by atoms with van der Waals surface area (Å²) in [7, 11) is 1.64. The van der Waals surface area contributed by atoms with E-state index in [1.807, 2.05) is 24.3 Å². The second kappa shape index (κ2) is 9.07. The summed E-state index contributed by atoms with van der Waals surface area (Å²) in [5, 5.41) is 6.39. The molecule has 0 aliphatic heterocycles. The van der Waals surface area contributed by atoms with Crippen molar-refractivity contribution in [3.63, 3.8) is 0 Å². The molecule has 2 heterocycles. The summed E-state index contributed by atoms with van der Waals surface area (Å²) in [5.41, 5.74) is 1.75. The van der Waals surface area contributed by atoms with E-state index in [9.17, 15) is 4.79 Å². The van der Waals surface area contributed by atoms with Crippen LogP contribution >= 0.6 is 56.8 Å². The monoisotopic (exact) mass is 681 g/mol. The Morgan fingerprint density at radius 2 is 1.85 bits per heavy atom. The second-order valence-corrected chi connectivity index (χ2v) is 9.89. The molecular weight excluding hydrogens is 668 g/mol. The van der Waals surface area contributed by atoms with Crippen molar-refractivity contribution in [1.82, 2.24) is 9.66 Å². The third kappa shape index (κ3) is 4.26. The van der Waals surface area contributed by atoms with E-state index >= 15 is 0 Å². The van der Waals surface area contributed by atoms with Crippen LogP contribution in [0.15, 0.2) is 75.0 Å². The molecule has 9 heteroatoms. The van der Waals surface area contributed by atoms with Gasteiger partial charge in [0.25, 0.3) is 5.56 Å². The summed E-state index contributed by atoms with van der Waals surface area (Å²) in [6, 6.07) is 18.2. The molecule has 0 fully saturated rings. The Morgan fingerprint density at radius 3 is 2.61 bits per heavy atom. The summed E-state index contributed by atoms with van der Waals surface area (Å²) in [6.07, 6.45) is 1.63. The van der Waals surface area contributed by atoms with E-state index in [-0.39, 0.29) is 5.56 Å². The Balaban J connectivity index is 1.71. The number of aromatic nitrogens is 2. The van der Waals surface area contributed by atoms with Crippen molar-refractivity contribution in [2.75, 3.05) is 7.11 Å². The first-order chi connectivity index (χ1) is 15.9. The highest BCUT2D eigenvalue weighted by atomic mass is 127. The molecular formula is C24H14ClI2N3O3. The van der Waals surface area contributed by atoms with E-state index in [1.54, 1.807) is 49.7 Å². The number of methoxy groups -OCH3 is 1. The molecule has 0 unspecified atom stereocenters. The topological polar surface area (TPSA) is 69.6 Å². The maximum absolute atomic E-state index is 13.4. The van der Waals surface area contributed by atoms with Gasteiger partial charge in [0.15, 0.2) is 5.76 Å². The molecule has 0 N–H and O–H groups in total. The van der Waals surface area contributed by atoms with Gasteiger partial charge in [0.05, 0.1) is 31.4 Å². The normalized spacial score (nSPS) is 11.6. The fourth-order valence-electron chi connectivity index (χ4n) is 3.49. The van der Waals surface area contributed by atoms with Crippen LogP contribution in [0.2, 0.25) is 5.02 Å². The Labute approximate surface area is 220 Å². The number of halogens is 3. The highest BCUT2D eigenvalue weighted by Crippen LogP contribution is 2.30. The summed E-state index contributed by atoms with van der Waals surface area (Å²) in [6.45, 7) is 0. The number of para-hydroxylation sites is 1. The highest BCUT2D eigenvalue weighted by Gasteiger charge is 2.17. The van der Waals surface area contributed by atoms with Crippen LogP contribution in [-0.4, -0.2) is 23.0 Å². The molecule has 0 spiro atoms. The average molecular weight is 682 g/mol. The maximum atomic E-state index is 13.4. The zero-order chi connectivity index (χ0) is 23.1. The lowest BCUT2D eigenvalue weighted by molar-refractivity contribution is 0.409. The molecule has 0 saturated heterocycles. The molecule has 0 radical (unpaired) electrons. The molecule has 0 atom stereocenters. The minimum atomic E-state index is -0.289. The van der Waals surface area contributed by atoms with Crippen LogP contribution in [0.3, 0.4) is 0 Å². The van der Waals surface area contributed by atoms with E-state index < -0.39 is 0 Å². The number of hydrogen-bond acceptors (Lipinski definition) is 5. The maximum Gasteiger partial charge on any atom is 0.282 e. The molecule has 0 aliphatic carbocycles. The van der Waals surface area contributed by atoms with Gasteiger partial charge in [-0.1, -0.05) is 23.7 Å². The van der Waals surface area contributed by atoms with Crippen molar-refractivity contribution in [3.8, 4) is 17.3 Å². The molecule has 0 aliphatic rings. The van der Waals surface area contributed by atoms with E-state index in [4.69, 9.17) is 25.7 Å². The Kier molecular flexibility index (Phi) is 6.14. The minimum Gasteiger partial charge on any atom is -0.495 e. The number of fused-ring (bicyclic) bond motifs is 2. The summed E-state index contributed by atoms with van der Waals surface area (Å²) < 4.78 is 14.6. The van der Waals surface area contributed by atoms with Gasteiger partial charge >= 0.3 is 0 Å². The molecule has 5 aromatic rings. The van der Waals surface area contributed by atoms with E-state index in [0.717, 1.165) is 23.8 Å². The van der Waals surface area contributed by atoms with Gasteiger partial charge in [-0.25, -0.2) is 4.98 Å².